The summed E-state index contributed by atoms with van der Waals surface area (Å²) in [5.74, 6) is 2.18. The number of carbonyl (C=O) groups excluding carboxylic acids is 2. The number of ether oxygens (including phenoxy) is 1. The van der Waals surface area contributed by atoms with Gasteiger partial charge in [-0.25, -0.2) is 4.79 Å². The van der Waals surface area contributed by atoms with Crippen LogP contribution in [0, 0.1) is 17.8 Å². The van der Waals surface area contributed by atoms with Crippen molar-refractivity contribution in [1.82, 2.24) is 5.32 Å². The summed E-state index contributed by atoms with van der Waals surface area (Å²) in [5.41, 5.74) is 1.00. The van der Waals surface area contributed by atoms with Crippen LogP contribution in [-0.2, 0) is 0 Å². The molecule has 0 heterocycles. The molecule has 1 aliphatic carbocycles. The van der Waals surface area contributed by atoms with Crippen molar-refractivity contribution in [3.05, 3.63) is 58.6 Å². The Bertz CT molecular complexity index is 882. The first kappa shape index (κ1) is 22.3. The fraction of sp³-hybridized carbons (Fsp3) is 0.417. The number of rotatable bonds is 5. The highest BCUT2D eigenvalue weighted by atomic mass is 79.9. The lowest BCUT2D eigenvalue weighted by molar-refractivity contribution is 0.0460. The number of halogens is 1. The van der Waals surface area contributed by atoms with Gasteiger partial charge in [0.15, 0.2) is 0 Å². The normalized spacial score (nSPS) is 21.2. The molecule has 160 valence electrons. The molecule has 3 rings (SSSR count). The number of hydrogen-bond donors (Lipinski definition) is 2. The minimum Gasteiger partial charge on any atom is -0.490 e. The topological polar surface area (TPSA) is 67.4 Å². The molecule has 0 radical (unpaired) electrons. The molecule has 0 bridgehead atoms. The fourth-order valence-corrected chi connectivity index (χ4v) is 4.41. The third-order valence-electron chi connectivity index (χ3n) is 5.67. The van der Waals surface area contributed by atoms with Crippen LogP contribution in [0.25, 0.3) is 0 Å². The second-order valence-electron chi connectivity index (χ2n) is 8.43. The summed E-state index contributed by atoms with van der Waals surface area (Å²) in [6, 6.07) is 13.6. The Labute approximate surface area is 186 Å². The van der Waals surface area contributed by atoms with Gasteiger partial charge in [-0.05, 0) is 73.1 Å². The highest BCUT2D eigenvalue weighted by Crippen LogP contribution is 2.36. The lowest BCUT2D eigenvalue weighted by Crippen LogP contribution is -2.36. The first-order valence-electron chi connectivity index (χ1n) is 10.5. The zero-order valence-corrected chi connectivity index (χ0v) is 19.2. The highest BCUT2D eigenvalue weighted by Gasteiger charge is 2.32. The number of benzene rings is 2. The smallest absolute Gasteiger partial charge is 0.326 e. The summed E-state index contributed by atoms with van der Waals surface area (Å²) >= 11 is 3.31. The van der Waals surface area contributed by atoms with Gasteiger partial charge in [0.2, 0.25) is 0 Å². The number of anilines is 1. The molecule has 30 heavy (non-hydrogen) atoms. The molecule has 0 spiro atoms. The monoisotopic (exact) mass is 472 g/mol. The van der Waals surface area contributed by atoms with E-state index < -0.39 is 11.9 Å². The van der Waals surface area contributed by atoms with Crippen molar-refractivity contribution in [2.45, 2.75) is 46.1 Å². The van der Waals surface area contributed by atoms with Crippen LogP contribution in [-0.4, -0.2) is 18.0 Å². The number of hydrogen-bond acceptors (Lipinski definition) is 3. The van der Waals surface area contributed by atoms with Gasteiger partial charge in [0.1, 0.15) is 11.9 Å². The molecular formula is C24H29BrN2O3. The molecule has 2 aromatic carbocycles. The predicted molar refractivity (Wildman–Crippen MR) is 123 cm³/mol. The predicted octanol–water partition coefficient (Wildman–Crippen LogP) is 6.25. The van der Waals surface area contributed by atoms with E-state index in [0.717, 1.165) is 16.6 Å². The molecular weight excluding hydrogens is 444 g/mol. The Morgan fingerprint density at radius 1 is 1.10 bits per heavy atom. The van der Waals surface area contributed by atoms with Crippen LogP contribution in [0.15, 0.2) is 53.0 Å². The molecule has 3 atom stereocenters. The SMILES string of the molecule is CC1CCC(C(C)C)C(Oc2ccc(NC(=O)NC(=O)c3cccc(Br)c3)cc2)C1. The molecule has 0 aliphatic heterocycles. The molecule has 1 saturated carbocycles. The zero-order valence-electron chi connectivity index (χ0n) is 17.7. The van der Waals surface area contributed by atoms with Crippen molar-refractivity contribution in [2.24, 2.45) is 17.8 Å². The number of urea groups is 1. The first-order chi connectivity index (χ1) is 14.3. The molecule has 2 aromatic rings. The van der Waals surface area contributed by atoms with Gasteiger partial charge < -0.3 is 10.1 Å². The van der Waals surface area contributed by atoms with Crippen molar-refractivity contribution >= 4 is 33.6 Å². The lowest BCUT2D eigenvalue weighted by Gasteiger charge is -2.37. The standard InChI is InChI=1S/C24H29BrN2O3/c1-15(2)21-12-7-16(3)13-22(21)30-20-10-8-19(9-11-20)26-24(29)27-23(28)17-5-4-6-18(25)14-17/h4-6,8-11,14-16,21-22H,7,12-13H2,1-3H3,(H2,26,27,28,29). The summed E-state index contributed by atoms with van der Waals surface area (Å²) < 4.78 is 7.08. The molecule has 0 saturated heterocycles. The van der Waals surface area contributed by atoms with Crippen LogP contribution in [0.3, 0.4) is 0 Å². The van der Waals surface area contributed by atoms with E-state index in [1.807, 2.05) is 18.2 Å². The largest absolute Gasteiger partial charge is 0.490 e. The number of amides is 3. The van der Waals surface area contributed by atoms with Crippen LogP contribution in [0.4, 0.5) is 10.5 Å². The molecule has 3 amide bonds. The second-order valence-corrected chi connectivity index (χ2v) is 9.34. The molecule has 3 unspecified atom stereocenters. The van der Waals surface area contributed by atoms with Gasteiger partial charge in [-0.3, -0.25) is 10.1 Å². The maximum Gasteiger partial charge on any atom is 0.326 e. The Kier molecular flexibility index (Phi) is 7.53. The second kappa shape index (κ2) is 10.1. The molecule has 2 N–H and O–H groups in total. The zero-order chi connectivity index (χ0) is 21.7. The molecule has 5 nitrogen and oxygen atoms in total. The average Bonchev–Trinajstić information content (AvgIpc) is 2.69. The van der Waals surface area contributed by atoms with Crippen LogP contribution in [0.5, 0.6) is 5.75 Å². The van der Waals surface area contributed by atoms with Crippen molar-refractivity contribution in [3.63, 3.8) is 0 Å². The van der Waals surface area contributed by atoms with Gasteiger partial charge in [-0.15, -0.1) is 0 Å². The van der Waals surface area contributed by atoms with Crippen LogP contribution in [0.1, 0.15) is 50.4 Å². The molecule has 1 aliphatic rings. The van der Waals surface area contributed by atoms with Gasteiger partial charge in [0.05, 0.1) is 0 Å². The van der Waals surface area contributed by atoms with Gasteiger partial charge in [-0.2, -0.15) is 0 Å². The minimum atomic E-state index is -0.574. The van der Waals surface area contributed by atoms with Gasteiger partial charge in [0.25, 0.3) is 5.91 Å². The summed E-state index contributed by atoms with van der Waals surface area (Å²) in [4.78, 5) is 24.3. The summed E-state index contributed by atoms with van der Waals surface area (Å²) in [6.07, 6.45) is 3.76. The Hall–Kier alpha value is -2.34. The van der Waals surface area contributed by atoms with E-state index in [1.165, 1.54) is 12.8 Å². The first-order valence-corrected chi connectivity index (χ1v) is 11.3. The highest BCUT2D eigenvalue weighted by molar-refractivity contribution is 9.10. The Balaban J connectivity index is 1.56. The minimum absolute atomic E-state index is 0.221. The van der Waals surface area contributed by atoms with Crippen molar-refractivity contribution in [1.29, 1.82) is 0 Å². The Morgan fingerprint density at radius 2 is 1.83 bits per heavy atom. The van der Waals surface area contributed by atoms with Crippen LogP contribution in [0.2, 0.25) is 0 Å². The number of nitrogens with one attached hydrogen (secondary N) is 2. The van der Waals surface area contributed by atoms with Gasteiger partial charge >= 0.3 is 6.03 Å². The Morgan fingerprint density at radius 3 is 2.50 bits per heavy atom. The van der Waals surface area contributed by atoms with Crippen molar-refractivity contribution < 1.29 is 14.3 Å². The molecule has 0 aromatic heterocycles. The molecule has 6 heteroatoms. The van der Waals surface area contributed by atoms with E-state index >= 15 is 0 Å². The number of imide groups is 1. The fourth-order valence-electron chi connectivity index (χ4n) is 4.01. The van der Waals surface area contributed by atoms with E-state index in [1.54, 1.807) is 30.3 Å². The molecule has 1 fully saturated rings. The van der Waals surface area contributed by atoms with Crippen molar-refractivity contribution in [3.8, 4) is 5.75 Å². The van der Waals surface area contributed by atoms with E-state index in [2.05, 4.69) is 47.3 Å². The lowest BCUT2D eigenvalue weighted by atomic mass is 9.75. The van der Waals surface area contributed by atoms with E-state index in [4.69, 9.17) is 4.74 Å². The maximum absolute atomic E-state index is 12.2. The average molecular weight is 473 g/mol. The summed E-state index contributed by atoms with van der Waals surface area (Å²) in [5, 5.41) is 5.02. The van der Waals surface area contributed by atoms with Crippen LogP contribution >= 0.6 is 15.9 Å². The van der Waals surface area contributed by atoms with E-state index in [9.17, 15) is 9.59 Å². The van der Waals surface area contributed by atoms with E-state index in [0.29, 0.717) is 29.0 Å². The summed E-state index contributed by atoms with van der Waals surface area (Å²) in [7, 11) is 0. The third kappa shape index (κ3) is 6.08. The quantitative estimate of drug-likeness (QED) is 0.540. The maximum atomic E-state index is 12.2. The number of carbonyl (C=O) groups is 2. The van der Waals surface area contributed by atoms with Crippen LogP contribution < -0.4 is 15.4 Å². The summed E-state index contributed by atoms with van der Waals surface area (Å²) in [6.45, 7) is 6.81. The third-order valence-corrected chi connectivity index (χ3v) is 6.17. The van der Waals surface area contributed by atoms with Gasteiger partial charge in [-0.1, -0.05) is 49.2 Å². The van der Waals surface area contributed by atoms with Gasteiger partial charge in [0, 0.05) is 15.7 Å². The van der Waals surface area contributed by atoms with Crippen molar-refractivity contribution in [2.75, 3.05) is 5.32 Å². The van der Waals surface area contributed by atoms with E-state index in [-0.39, 0.29) is 6.10 Å².